The maximum atomic E-state index is 13.5. The number of carbonyl (C=O) groups excluding carboxylic acids is 1. The van der Waals surface area contributed by atoms with Crippen LogP contribution in [0.25, 0.3) is 0 Å². The second-order valence-electron chi connectivity index (χ2n) is 10.2. The molecule has 0 saturated heterocycles. The minimum absolute atomic E-state index is 0.223. The van der Waals surface area contributed by atoms with E-state index in [1.165, 1.54) is 11.3 Å². The standard InChI is InChI=1S/C37H29N3O3S/c41-35(43-34(27-16-6-1-7-17-27)28-18-8-2-9-19-28)33(40-42)32-26-44-36(38-32)39-37(29-20-10-3-11-21-29,30-22-12-4-13-23-30)31-24-14-5-15-25-31/h1-26,33-34H,(H,38,39). The zero-order chi connectivity index (χ0) is 30.2. The molecule has 1 N–H and O–H groups in total. The van der Waals surface area contributed by atoms with Gasteiger partial charge in [-0.1, -0.05) is 152 Å². The fraction of sp³-hybridized carbons (Fsp3) is 0.0811. The van der Waals surface area contributed by atoms with Crippen molar-refractivity contribution in [2.24, 2.45) is 5.18 Å². The largest absolute Gasteiger partial charge is 0.451 e. The second kappa shape index (κ2) is 13.3. The van der Waals surface area contributed by atoms with Gasteiger partial charge in [-0.2, -0.15) is 0 Å². The molecule has 0 radical (unpaired) electrons. The zero-order valence-electron chi connectivity index (χ0n) is 23.7. The molecule has 0 amide bonds. The quantitative estimate of drug-likeness (QED) is 0.0921. The predicted molar refractivity (Wildman–Crippen MR) is 174 cm³/mol. The molecule has 6 rings (SSSR count). The lowest BCUT2D eigenvalue weighted by atomic mass is 9.77. The first-order chi connectivity index (χ1) is 21.7. The zero-order valence-corrected chi connectivity index (χ0v) is 24.5. The highest BCUT2D eigenvalue weighted by molar-refractivity contribution is 7.13. The lowest BCUT2D eigenvalue weighted by Crippen LogP contribution is -2.38. The van der Waals surface area contributed by atoms with E-state index in [1.807, 2.05) is 115 Å². The van der Waals surface area contributed by atoms with Gasteiger partial charge in [0.05, 0.1) is 5.69 Å². The third kappa shape index (κ3) is 5.91. The molecule has 5 aromatic carbocycles. The Labute approximate surface area is 260 Å². The number of nitrogens with one attached hydrogen (secondary N) is 1. The molecule has 6 aromatic rings. The van der Waals surface area contributed by atoms with Crippen LogP contribution in [0, 0.1) is 4.91 Å². The summed E-state index contributed by atoms with van der Waals surface area (Å²) < 4.78 is 5.96. The van der Waals surface area contributed by atoms with Gasteiger partial charge < -0.3 is 10.1 Å². The number of rotatable bonds is 11. The van der Waals surface area contributed by atoms with Crippen LogP contribution in [-0.4, -0.2) is 11.0 Å². The van der Waals surface area contributed by atoms with Crippen molar-refractivity contribution in [2.75, 3.05) is 5.32 Å². The number of nitroso groups, excluding NO2 is 1. The molecule has 0 bridgehead atoms. The Morgan fingerprint density at radius 1 is 0.659 bits per heavy atom. The smallest absolute Gasteiger partial charge is 0.341 e. The molecule has 1 unspecified atom stereocenters. The predicted octanol–water partition coefficient (Wildman–Crippen LogP) is 8.69. The SMILES string of the molecule is O=NC(C(=O)OC(c1ccccc1)c1ccccc1)c1csc(NC(c2ccccc2)(c2ccccc2)c2ccccc2)n1. The molecule has 0 saturated carbocycles. The van der Waals surface area contributed by atoms with Crippen LogP contribution in [0.5, 0.6) is 0 Å². The highest BCUT2D eigenvalue weighted by Crippen LogP contribution is 2.41. The summed E-state index contributed by atoms with van der Waals surface area (Å²) in [7, 11) is 0. The van der Waals surface area contributed by atoms with Crippen molar-refractivity contribution in [3.8, 4) is 0 Å². The summed E-state index contributed by atoms with van der Waals surface area (Å²) in [6.45, 7) is 0. The van der Waals surface area contributed by atoms with E-state index in [0.717, 1.165) is 27.8 Å². The summed E-state index contributed by atoms with van der Waals surface area (Å²) in [5.74, 6) is -0.769. The molecular weight excluding hydrogens is 566 g/mol. The minimum atomic E-state index is -1.43. The first kappa shape index (κ1) is 28.7. The summed E-state index contributed by atoms with van der Waals surface area (Å²) >= 11 is 1.30. The summed E-state index contributed by atoms with van der Waals surface area (Å²) in [5, 5.41) is 9.07. The highest BCUT2D eigenvalue weighted by atomic mass is 32.1. The van der Waals surface area contributed by atoms with Crippen LogP contribution < -0.4 is 5.32 Å². The van der Waals surface area contributed by atoms with Gasteiger partial charge in [0, 0.05) is 5.38 Å². The monoisotopic (exact) mass is 595 g/mol. The highest BCUT2D eigenvalue weighted by Gasteiger charge is 2.38. The van der Waals surface area contributed by atoms with E-state index < -0.39 is 23.7 Å². The van der Waals surface area contributed by atoms with E-state index in [1.54, 1.807) is 5.38 Å². The average Bonchev–Trinajstić information content (AvgIpc) is 3.56. The van der Waals surface area contributed by atoms with Crippen LogP contribution in [0.2, 0.25) is 0 Å². The first-order valence-electron chi connectivity index (χ1n) is 14.2. The van der Waals surface area contributed by atoms with Crippen LogP contribution in [0.15, 0.2) is 162 Å². The Balaban J connectivity index is 1.35. The van der Waals surface area contributed by atoms with Gasteiger partial charge in [-0.3, -0.25) is 0 Å². The maximum absolute atomic E-state index is 13.5. The second-order valence-corrected chi connectivity index (χ2v) is 11.1. The van der Waals surface area contributed by atoms with Crippen LogP contribution >= 0.6 is 11.3 Å². The molecule has 1 heterocycles. The molecule has 6 nitrogen and oxygen atoms in total. The van der Waals surface area contributed by atoms with Gasteiger partial charge in [0.2, 0.25) is 6.04 Å². The van der Waals surface area contributed by atoms with Gasteiger partial charge in [-0.05, 0) is 33.0 Å². The third-order valence-corrected chi connectivity index (χ3v) is 8.26. The van der Waals surface area contributed by atoms with Crippen LogP contribution in [-0.2, 0) is 15.1 Å². The van der Waals surface area contributed by atoms with E-state index in [4.69, 9.17) is 9.72 Å². The maximum Gasteiger partial charge on any atom is 0.341 e. The number of carbonyl (C=O) groups is 1. The lowest BCUT2D eigenvalue weighted by Gasteiger charge is -2.36. The molecule has 216 valence electrons. The van der Waals surface area contributed by atoms with Gasteiger partial charge in [-0.25, -0.2) is 9.78 Å². The van der Waals surface area contributed by atoms with Crippen molar-refractivity contribution < 1.29 is 9.53 Å². The van der Waals surface area contributed by atoms with Gasteiger partial charge in [-0.15, -0.1) is 16.2 Å². The molecule has 0 spiro atoms. The number of ether oxygens (including phenoxy) is 1. The molecule has 1 atom stereocenters. The topological polar surface area (TPSA) is 80.7 Å². The van der Waals surface area contributed by atoms with E-state index in [0.29, 0.717) is 5.13 Å². The van der Waals surface area contributed by atoms with Crippen molar-refractivity contribution in [3.05, 3.63) is 195 Å². The van der Waals surface area contributed by atoms with E-state index >= 15 is 0 Å². The van der Waals surface area contributed by atoms with Crippen LogP contribution in [0.4, 0.5) is 5.13 Å². The molecule has 0 aliphatic heterocycles. The van der Waals surface area contributed by atoms with Gasteiger partial charge in [0.15, 0.2) is 11.2 Å². The Bertz CT molecular complexity index is 1660. The van der Waals surface area contributed by atoms with Gasteiger partial charge in [0.25, 0.3) is 0 Å². The van der Waals surface area contributed by atoms with E-state index in [2.05, 4.69) is 46.9 Å². The molecule has 7 heteroatoms. The molecule has 0 fully saturated rings. The number of thiazole rings is 1. The van der Waals surface area contributed by atoms with Crippen molar-refractivity contribution in [1.82, 2.24) is 4.98 Å². The number of anilines is 1. The van der Waals surface area contributed by atoms with Gasteiger partial charge >= 0.3 is 5.97 Å². The number of aromatic nitrogens is 1. The van der Waals surface area contributed by atoms with Crippen LogP contribution in [0.1, 0.15) is 45.7 Å². The Hall–Kier alpha value is -5.40. The minimum Gasteiger partial charge on any atom is -0.451 e. The van der Waals surface area contributed by atoms with Crippen LogP contribution in [0.3, 0.4) is 0 Å². The van der Waals surface area contributed by atoms with Gasteiger partial charge in [0.1, 0.15) is 5.54 Å². The summed E-state index contributed by atoms with van der Waals surface area (Å²) in [5.41, 5.74) is 4.01. The van der Waals surface area contributed by atoms with Crippen molar-refractivity contribution in [2.45, 2.75) is 17.7 Å². The number of hydrogen-bond acceptors (Lipinski definition) is 7. The third-order valence-electron chi connectivity index (χ3n) is 7.48. The Morgan fingerprint density at radius 3 is 1.48 bits per heavy atom. The fourth-order valence-electron chi connectivity index (χ4n) is 5.39. The normalized spacial score (nSPS) is 11.9. The molecule has 44 heavy (non-hydrogen) atoms. The summed E-state index contributed by atoms with van der Waals surface area (Å²) in [6.07, 6.45) is -0.702. The summed E-state index contributed by atoms with van der Waals surface area (Å²) in [6, 6.07) is 47.8. The van der Waals surface area contributed by atoms with E-state index in [-0.39, 0.29) is 5.69 Å². The average molecular weight is 596 g/mol. The first-order valence-corrected chi connectivity index (χ1v) is 15.1. The molecular formula is C37H29N3O3S. The molecule has 0 aliphatic carbocycles. The Morgan fingerprint density at radius 2 is 1.07 bits per heavy atom. The van der Waals surface area contributed by atoms with E-state index in [9.17, 15) is 9.70 Å². The number of nitrogens with zero attached hydrogens (tertiary/aromatic N) is 2. The Kier molecular flexibility index (Phi) is 8.66. The number of benzene rings is 5. The number of hydrogen-bond donors (Lipinski definition) is 1. The van der Waals surface area contributed by atoms with Crippen molar-refractivity contribution >= 4 is 22.4 Å². The molecule has 0 aliphatic rings. The summed E-state index contributed by atoms with van der Waals surface area (Å²) in [4.78, 5) is 30.4. The van der Waals surface area contributed by atoms with Crippen molar-refractivity contribution in [1.29, 1.82) is 0 Å². The number of esters is 1. The fourth-order valence-corrected chi connectivity index (χ4v) is 6.18. The lowest BCUT2D eigenvalue weighted by molar-refractivity contribution is -0.149. The van der Waals surface area contributed by atoms with Crippen molar-refractivity contribution in [3.63, 3.8) is 0 Å². The molecule has 1 aromatic heterocycles.